The van der Waals surface area contributed by atoms with Crippen molar-refractivity contribution in [2.45, 2.75) is 6.54 Å². The summed E-state index contributed by atoms with van der Waals surface area (Å²) < 4.78 is 6.46. The van der Waals surface area contributed by atoms with E-state index in [1.54, 1.807) is 10.6 Å². The molecule has 0 aliphatic heterocycles. The van der Waals surface area contributed by atoms with Gasteiger partial charge in [0.05, 0.1) is 17.1 Å². The van der Waals surface area contributed by atoms with E-state index in [-0.39, 0.29) is 0 Å². The highest BCUT2D eigenvalue weighted by molar-refractivity contribution is 6.35. The molecule has 0 unspecified atom stereocenters. The van der Waals surface area contributed by atoms with E-state index < -0.39 is 0 Å². The molecule has 0 aliphatic carbocycles. The number of para-hydroxylation sites is 1. The maximum absolute atomic E-state index is 6.04. The second-order valence-corrected chi connectivity index (χ2v) is 3.92. The van der Waals surface area contributed by atoms with Crippen molar-refractivity contribution in [3.05, 3.63) is 35.4 Å². The molecule has 0 bridgehead atoms. The molecule has 0 saturated carbocycles. The summed E-state index contributed by atoms with van der Waals surface area (Å²) in [6.07, 6.45) is 1.28. The molecular formula is C10H8ClN5O. The molecule has 6 nitrogen and oxygen atoms in total. The van der Waals surface area contributed by atoms with Crippen LogP contribution in [-0.2, 0) is 6.54 Å². The van der Waals surface area contributed by atoms with E-state index in [1.807, 2.05) is 12.1 Å². The first-order valence-corrected chi connectivity index (χ1v) is 5.29. The van der Waals surface area contributed by atoms with Crippen molar-refractivity contribution in [1.82, 2.24) is 19.7 Å². The Morgan fingerprint density at radius 3 is 3.06 bits per heavy atom. The highest BCUT2D eigenvalue weighted by Crippen LogP contribution is 2.25. The van der Waals surface area contributed by atoms with Gasteiger partial charge in [0, 0.05) is 0 Å². The SMILES string of the molecule is Nc1nc2c(Cl)cccc2n1Cc1ncon1. The maximum Gasteiger partial charge on any atom is 0.213 e. The fraction of sp³-hybridized carbons (Fsp3) is 0.100. The Kier molecular flexibility index (Phi) is 2.22. The average Bonchev–Trinajstić information content (AvgIpc) is 2.91. The highest BCUT2D eigenvalue weighted by Gasteiger charge is 2.12. The van der Waals surface area contributed by atoms with Crippen molar-refractivity contribution in [3.63, 3.8) is 0 Å². The number of anilines is 1. The lowest BCUT2D eigenvalue weighted by molar-refractivity contribution is 0.408. The molecule has 3 aromatic rings. The molecule has 0 spiro atoms. The monoisotopic (exact) mass is 249 g/mol. The quantitative estimate of drug-likeness (QED) is 0.747. The third-order valence-electron chi connectivity index (χ3n) is 2.47. The molecule has 0 saturated heterocycles. The molecule has 0 atom stereocenters. The Balaban J connectivity index is 2.16. The third-order valence-corrected chi connectivity index (χ3v) is 2.77. The first kappa shape index (κ1) is 10.1. The molecule has 0 radical (unpaired) electrons. The van der Waals surface area contributed by atoms with E-state index in [1.165, 1.54) is 6.39 Å². The zero-order valence-electron chi connectivity index (χ0n) is 8.67. The summed E-state index contributed by atoms with van der Waals surface area (Å²) in [6.45, 7) is 0.402. The van der Waals surface area contributed by atoms with Crippen LogP contribution in [0.2, 0.25) is 5.02 Å². The van der Waals surface area contributed by atoms with E-state index >= 15 is 0 Å². The second-order valence-electron chi connectivity index (χ2n) is 3.51. The van der Waals surface area contributed by atoms with Gasteiger partial charge in [-0.3, -0.25) is 0 Å². The Hall–Kier alpha value is -2.08. The third kappa shape index (κ3) is 1.62. The van der Waals surface area contributed by atoms with Gasteiger partial charge in [-0.15, -0.1) is 0 Å². The van der Waals surface area contributed by atoms with Gasteiger partial charge in [-0.2, -0.15) is 4.98 Å². The number of rotatable bonds is 2. The molecule has 2 aromatic heterocycles. The van der Waals surface area contributed by atoms with Crippen LogP contribution in [0.15, 0.2) is 29.1 Å². The fourth-order valence-corrected chi connectivity index (χ4v) is 1.91. The van der Waals surface area contributed by atoms with Crippen LogP contribution in [0.1, 0.15) is 5.82 Å². The minimum absolute atomic E-state index is 0.373. The summed E-state index contributed by atoms with van der Waals surface area (Å²) in [5, 5.41) is 4.31. The zero-order chi connectivity index (χ0) is 11.8. The summed E-state index contributed by atoms with van der Waals surface area (Å²) in [7, 11) is 0. The van der Waals surface area contributed by atoms with Crippen LogP contribution in [-0.4, -0.2) is 19.7 Å². The van der Waals surface area contributed by atoms with Gasteiger partial charge in [-0.1, -0.05) is 22.8 Å². The van der Waals surface area contributed by atoms with Crippen molar-refractivity contribution >= 4 is 28.6 Å². The molecular weight excluding hydrogens is 242 g/mol. The molecule has 86 valence electrons. The Labute approximate surface area is 101 Å². The number of aromatic nitrogens is 4. The number of hydrogen-bond donors (Lipinski definition) is 1. The molecule has 7 heteroatoms. The number of halogens is 1. The first-order chi connectivity index (χ1) is 8.25. The van der Waals surface area contributed by atoms with E-state index in [9.17, 15) is 0 Å². The molecule has 0 amide bonds. The molecule has 2 N–H and O–H groups in total. The number of nitrogen functional groups attached to an aromatic ring is 1. The van der Waals surface area contributed by atoms with Gasteiger partial charge >= 0.3 is 0 Å². The topological polar surface area (TPSA) is 82.8 Å². The van der Waals surface area contributed by atoms with E-state index in [0.717, 1.165) is 5.52 Å². The van der Waals surface area contributed by atoms with E-state index in [4.69, 9.17) is 17.3 Å². The molecule has 0 fully saturated rings. The van der Waals surface area contributed by atoms with Crippen LogP contribution in [0, 0.1) is 0 Å². The first-order valence-electron chi connectivity index (χ1n) is 4.91. The number of benzene rings is 1. The molecule has 1 aromatic carbocycles. The summed E-state index contributed by atoms with van der Waals surface area (Å²) in [6, 6.07) is 5.51. The number of nitrogens with zero attached hydrogens (tertiary/aromatic N) is 4. The molecule has 2 heterocycles. The summed E-state index contributed by atoms with van der Waals surface area (Å²) in [4.78, 5) is 8.16. The van der Waals surface area contributed by atoms with Gasteiger partial charge in [-0.05, 0) is 12.1 Å². The zero-order valence-corrected chi connectivity index (χ0v) is 9.42. The lowest BCUT2D eigenvalue weighted by Crippen LogP contribution is -2.05. The number of fused-ring (bicyclic) bond motifs is 1. The van der Waals surface area contributed by atoms with Crippen molar-refractivity contribution in [3.8, 4) is 0 Å². The van der Waals surface area contributed by atoms with Crippen molar-refractivity contribution in [2.24, 2.45) is 0 Å². The normalized spacial score (nSPS) is 11.1. The smallest absolute Gasteiger partial charge is 0.213 e. The summed E-state index contributed by atoms with van der Waals surface area (Å²) in [5.74, 6) is 0.911. The van der Waals surface area contributed by atoms with Gasteiger partial charge in [0.2, 0.25) is 12.3 Å². The minimum Gasteiger partial charge on any atom is -0.369 e. The van der Waals surface area contributed by atoms with E-state index in [2.05, 4.69) is 19.6 Å². The minimum atomic E-state index is 0.373. The predicted octanol–water partition coefficient (Wildman–Crippen LogP) is 1.70. The van der Waals surface area contributed by atoms with Crippen LogP contribution < -0.4 is 5.73 Å². The Morgan fingerprint density at radius 2 is 2.29 bits per heavy atom. The van der Waals surface area contributed by atoms with Gasteiger partial charge < -0.3 is 14.8 Å². The largest absolute Gasteiger partial charge is 0.369 e. The lowest BCUT2D eigenvalue weighted by atomic mass is 10.3. The van der Waals surface area contributed by atoms with Crippen LogP contribution in [0.5, 0.6) is 0 Å². The van der Waals surface area contributed by atoms with Gasteiger partial charge in [0.1, 0.15) is 5.52 Å². The maximum atomic E-state index is 6.04. The number of hydrogen-bond acceptors (Lipinski definition) is 5. The number of imidazole rings is 1. The molecule has 0 aliphatic rings. The Morgan fingerprint density at radius 1 is 1.41 bits per heavy atom. The molecule has 3 rings (SSSR count). The van der Waals surface area contributed by atoms with Crippen LogP contribution in [0.4, 0.5) is 5.95 Å². The van der Waals surface area contributed by atoms with Crippen molar-refractivity contribution in [2.75, 3.05) is 5.73 Å². The van der Waals surface area contributed by atoms with E-state index in [0.29, 0.717) is 28.9 Å². The molecule has 17 heavy (non-hydrogen) atoms. The average molecular weight is 250 g/mol. The van der Waals surface area contributed by atoms with Crippen LogP contribution in [0.25, 0.3) is 11.0 Å². The van der Waals surface area contributed by atoms with Gasteiger partial charge in [0.25, 0.3) is 0 Å². The number of nitrogens with two attached hydrogens (primary N) is 1. The van der Waals surface area contributed by atoms with Crippen molar-refractivity contribution in [1.29, 1.82) is 0 Å². The predicted molar refractivity (Wildman–Crippen MR) is 62.6 cm³/mol. The standard InChI is InChI=1S/C10H8ClN5O/c11-6-2-1-3-7-9(6)14-10(12)16(7)4-8-13-5-17-15-8/h1-3,5H,4H2,(H2,12,14). The lowest BCUT2D eigenvalue weighted by Gasteiger charge is -2.02. The second kappa shape index (κ2) is 3.74. The van der Waals surface area contributed by atoms with Crippen LogP contribution in [0.3, 0.4) is 0 Å². The highest BCUT2D eigenvalue weighted by atomic mass is 35.5. The summed E-state index contributed by atoms with van der Waals surface area (Å²) in [5.41, 5.74) is 7.37. The van der Waals surface area contributed by atoms with Gasteiger partial charge in [-0.25, -0.2) is 4.98 Å². The van der Waals surface area contributed by atoms with Crippen LogP contribution >= 0.6 is 11.6 Å². The van der Waals surface area contributed by atoms with Crippen molar-refractivity contribution < 1.29 is 4.52 Å². The Bertz CT molecular complexity index is 661. The fourth-order valence-electron chi connectivity index (χ4n) is 1.70. The summed E-state index contributed by atoms with van der Waals surface area (Å²) >= 11 is 6.04. The van der Waals surface area contributed by atoms with Gasteiger partial charge in [0.15, 0.2) is 5.82 Å².